The molecule has 0 spiro atoms. The highest BCUT2D eigenvalue weighted by Gasteiger charge is 2.13. The van der Waals surface area contributed by atoms with Crippen LogP contribution in [0.25, 0.3) is 11.1 Å². The molecule has 0 bridgehead atoms. The van der Waals surface area contributed by atoms with Gasteiger partial charge in [0.1, 0.15) is 0 Å². The molecule has 8 heteroatoms. The Balaban J connectivity index is 1.55. The Labute approximate surface area is 190 Å². The quantitative estimate of drug-likeness (QED) is 0.336. The molecular formula is C24H23N5O2S. The van der Waals surface area contributed by atoms with Gasteiger partial charge in [0, 0.05) is 35.1 Å². The molecule has 0 saturated heterocycles. The van der Waals surface area contributed by atoms with E-state index in [4.69, 9.17) is 0 Å². The number of hydrogen-bond acceptors (Lipinski definition) is 4. The smallest absolute Gasteiger partial charge is 0.322 e. The monoisotopic (exact) mass is 445 g/mol. The molecule has 2 heterocycles. The molecule has 7 nitrogen and oxygen atoms in total. The van der Waals surface area contributed by atoms with Crippen LogP contribution in [0.5, 0.6) is 0 Å². The second kappa shape index (κ2) is 9.49. The number of hydrogen-bond donors (Lipinski definition) is 3. The van der Waals surface area contributed by atoms with E-state index in [2.05, 4.69) is 21.0 Å². The van der Waals surface area contributed by atoms with E-state index in [0.717, 1.165) is 11.1 Å². The van der Waals surface area contributed by atoms with Gasteiger partial charge in [-0.05, 0) is 60.5 Å². The van der Waals surface area contributed by atoms with Gasteiger partial charge in [-0.3, -0.25) is 14.8 Å². The second-order valence-electron chi connectivity index (χ2n) is 7.45. The highest BCUT2D eigenvalue weighted by molar-refractivity contribution is 7.08. The fraction of sp³-hybridized carbons (Fsp3) is 0.125. The number of rotatable bonds is 6. The van der Waals surface area contributed by atoms with Crippen LogP contribution in [0.3, 0.4) is 0 Å². The van der Waals surface area contributed by atoms with Gasteiger partial charge in [-0.1, -0.05) is 24.3 Å². The molecule has 0 radical (unpaired) electrons. The third kappa shape index (κ3) is 5.04. The van der Waals surface area contributed by atoms with Crippen molar-refractivity contribution in [3.63, 3.8) is 0 Å². The Hall–Kier alpha value is -3.91. The van der Waals surface area contributed by atoms with Crippen molar-refractivity contribution in [1.29, 1.82) is 0 Å². The van der Waals surface area contributed by atoms with Gasteiger partial charge in [-0.15, -0.1) is 0 Å². The van der Waals surface area contributed by atoms with Gasteiger partial charge in [0.15, 0.2) is 5.82 Å². The number of thiophene rings is 1. The van der Waals surface area contributed by atoms with Crippen molar-refractivity contribution >= 4 is 40.5 Å². The lowest BCUT2D eigenvalue weighted by molar-refractivity contribution is 0.102. The van der Waals surface area contributed by atoms with Crippen LogP contribution in [0.2, 0.25) is 0 Å². The van der Waals surface area contributed by atoms with Crippen LogP contribution in [-0.4, -0.2) is 21.7 Å². The molecule has 0 saturated carbocycles. The largest absolute Gasteiger partial charge is 0.324 e. The maximum Gasteiger partial charge on any atom is 0.324 e. The normalized spacial score (nSPS) is 10.7. The van der Waals surface area contributed by atoms with E-state index >= 15 is 0 Å². The standard InChI is InChI=1S/C24H23N5O2S/c1-16(2)29-12-10-22(28-29)27-24(31)26-21-14-19(8-9-20(21)18-11-13-32-15-18)25-23(30)17-6-4-3-5-7-17/h3-16H,1-2H3,(H,25,30)(H2,26,27,28,31). The van der Waals surface area contributed by atoms with Gasteiger partial charge in [0.25, 0.3) is 5.91 Å². The van der Waals surface area contributed by atoms with E-state index in [0.29, 0.717) is 22.8 Å². The predicted octanol–water partition coefficient (Wildman–Crippen LogP) is 6.09. The van der Waals surface area contributed by atoms with Crippen molar-refractivity contribution in [1.82, 2.24) is 9.78 Å². The predicted molar refractivity (Wildman–Crippen MR) is 129 cm³/mol. The molecule has 0 aliphatic rings. The molecule has 3 amide bonds. The summed E-state index contributed by atoms with van der Waals surface area (Å²) in [6.45, 7) is 4.03. The van der Waals surface area contributed by atoms with E-state index in [-0.39, 0.29) is 11.9 Å². The first-order valence-electron chi connectivity index (χ1n) is 10.2. The first kappa shape index (κ1) is 21.3. The van der Waals surface area contributed by atoms with E-state index in [1.807, 2.05) is 67.2 Å². The van der Waals surface area contributed by atoms with E-state index in [1.165, 1.54) is 0 Å². The summed E-state index contributed by atoms with van der Waals surface area (Å²) in [5, 5.41) is 16.9. The van der Waals surface area contributed by atoms with Crippen LogP contribution in [0.1, 0.15) is 30.2 Å². The molecule has 2 aromatic carbocycles. The maximum atomic E-state index is 12.7. The van der Waals surface area contributed by atoms with Gasteiger partial charge in [-0.2, -0.15) is 16.4 Å². The molecule has 0 unspecified atom stereocenters. The Morgan fingerprint density at radius 3 is 2.47 bits per heavy atom. The first-order chi connectivity index (χ1) is 15.5. The number of carbonyl (C=O) groups excluding carboxylic acids is 2. The maximum absolute atomic E-state index is 12.7. The molecular weight excluding hydrogens is 422 g/mol. The molecule has 0 atom stereocenters. The lowest BCUT2D eigenvalue weighted by Gasteiger charge is -2.14. The Morgan fingerprint density at radius 1 is 0.969 bits per heavy atom. The van der Waals surface area contributed by atoms with Gasteiger partial charge < -0.3 is 10.6 Å². The fourth-order valence-corrected chi connectivity index (χ4v) is 3.81. The summed E-state index contributed by atoms with van der Waals surface area (Å²) in [6, 6.07) is 17.9. The number of amides is 3. The number of carbonyl (C=O) groups is 2. The Kier molecular flexibility index (Phi) is 6.32. The third-order valence-electron chi connectivity index (χ3n) is 4.77. The minimum Gasteiger partial charge on any atom is -0.322 e. The molecule has 3 N–H and O–H groups in total. The number of aromatic nitrogens is 2. The second-order valence-corrected chi connectivity index (χ2v) is 8.23. The van der Waals surface area contributed by atoms with Gasteiger partial charge in [-0.25, -0.2) is 4.79 Å². The number of anilines is 3. The summed E-state index contributed by atoms with van der Waals surface area (Å²) in [7, 11) is 0. The van der Waals surface area contributed by atoms with Crippen LogP contribution in [0, 0.1) is 0 Å². The molecule has 0 aliphatic heterocycles. The zero-order valence-electron chi connectivity index (χ0n) is 17.7. The molecule has 162 valence electrons. The summed E-state index contributed by atoms with van der Waals surface area (Å²) in [6.07, 6.45) is 1.82. The molecule has 0 fully saturated rings. The van der Waals surface area contributed by atoms with Crippen molar-refractivity contribution in [2.45, 2.75) is 19.9 Å². The lowest BCUT2D eigenvalue weighted by Crippen LogP contribution is -2.20. The van der Waals surface area contributed by atoms with Gasteiger partial charge >= 0.3 is 6.03 Å². The van der Waals surface area contributed by atoms with Crippen LogP contribution in [0.4, 0.5) is 22.0 Å². The summed E-state index contributed by atoms with van der Waals surface area (Å²) in [5.74, 6) is 0.241. The van der Waals surface area contributed by atoms with Crippen LogP contribution < -0.4 is 16.0 Å². The molecule has 2 aromatic heterocycles. The molecule has 4 rings (SSSR count). The minimum absolute atomic E-state index is 0.198. The molecule has 4 aromatic rings. The van der Waals surface area contributed by atoms with E-state index in [1.54, 1.807) is 40.3 Å². The van der Waals surface area contributed by atoms with Crippen LogP contribution in [-0.2, 0) is 0 Å². The lowest BCUT2D eigenvalue weighted by atomic mass is 10.1. The topological polar surface area (TPSA) is 88.0 Å². The SMILES string of the molecule is CC(C)n1ccc(NC(=O)Nc2cc(NC(=O)c3ccccc3)ccc2-c2ccsc2)n1. The van der Waals surface area contributed by atoms with Crippen molar-refractivity contribution in [3.8, 4) is 11.1 Å². The fourth-order valence-electron chi connectivity index (χ4n) is 3.15. The highest BCUT2D eigenvalue weighted by atomic mass is 32.1. The summed E-state index contributed by atoms with van der Waals surface area (Å²) in [5.41, 5.74) is 3.55. The number of nitrogens with zero attached hydrogens (tertiary/aromatic N) is 2. The highest BCUT2D eigenvalue weighted by Crippen LogP contribution is 2.32. The van der Waals surface area contributed by atoms with Crippen molar-refractivity contribution in [2.75, 3.05) is 16.0 Å². The van der Waals surface area contributed by atoms with Crippen molar-refractivity contribution in [2.24, 2.45) is 0 Å². The number of nitrogens with one attached hydrogen (secondary N) is 3. The Bertz CT molecular complexity index is 1220. The number of urea groups is 1. The van der Waals surface area contributed by atoms with Gasteiger partial charge in [0.2, 0.25) is 0 Å². The van der Waals surface area contributed by atoms with Crippen molar-refractivity contribution in [3.05, 3.63) is 83.2 Å². The number of benzene rings is 2. The summed E-state index contributed by atoms with van der Waals surface area (Å²) in [4.78, 5) is 25.2. The third-order valence-corrected chi connectivity index (χ3v) is 5.46. The zero-order valence-corrected chi connectivity index (χ0v) is 18.5. The van der Waals surface area contributed by atoms with Crippen LogP contribution >= 0.6 is 11.3 Å². The van der Waals surface area contributed by atoms with Crippen molar-refractivity contribution < 1.29 is 9.59 Å². The summed E-state index contributed by atoms with van der Waals surface area (Å²) < 4.78 is 1.77. The van der Waals surface area contributed by atoms with Crippen LogP contribution in [0.15, 0.2) is 77.6 Å². The van der Waals surface area contributed by atoms with E-state index < -0.39 is 6.03 Å². The van der Waals surface area contributed by atoms with E-state index in [9.17, 15) is 9.59 Å². The average Bonchev–Trinajstić information content (AvgIpc) is 3.47. The first-order valence-corrected chi connectivity index (χ1v) is 11.1. The Morgan fingerprint density at radius 2 is 1.78 bits per heavy atom. The molecule has 0 aliphatic carbocycles. The average molecular weight is 446 g/mol. The zero-order chi connectivity index (χ0) is 22.5. The minimum atomic E-state index is -0.415. The van der Waals surface area contributed by atoms with Gasteiger partial charge in [0.05, 0.1) is 5.69 Å². The summed E-state index contributed by atoms with van der Waals surface area (Å²) >= 11 is 1.57. The molecule has 32 heavy (non-hydrogen) atoms.